The van der Waals surface area contributed by atoms with Crippen LogP contribution in [0.2, 0.25) is 5.15 Å². The standard InChI is InChI=1S/C16H17ClN2O2/c1-16(2)10-21-8-7-19(16)15(20)13-9-11-5-3-4-6-12(11)14(17)18-13/h3-6,9H,7-8,10H2,1-2H3. The Labute approximate surface area is 128 Å². The molecule has 0 spiro atoms. The summed E-state index contributed by atoms with van der Waals surface area (Å²) in [5, 5.41) is 2.14. The highest BCUT2D eigenvalue weighted by Gasteiger charge is 2.35. The van der Waals surface area contributed by atoms with Crippen LogP contribution in [-0.4, -0.2) is 41.1 Å². The molecule has 1 saturated heterocycles. The average molecular weight is 305 g/mol. The van der Waals surface area contributed by atoms with E-state index in [-0.39, 0.29) is 11.4 Å². The summed E-state index contributed by atoms with van der Waals surface area (Å²) in [6.07, 6.45) is 0. The Hall–Kier alpha value is -1.65. The summed E-state index contributed by atoms with van der Waals surface area (Å²) < 4.78 is 5.45. The lowest BCUT2D eigenvalue weighted by Crippen LogP contribution is -2.55. The third kappa shape index (κ3) is 2.61. The summed E-state index contributed by atoms with van der Waals surface area (Å²) in [7, 11) is 0. The van der Waals surface area contributed by atoms with E-state index < -0.39 is 0 Å². The van der Waals surface area contributed by atoms with Crippen molar-refractivity contribution in [2.24, 2.45) is 0 Å². The molecule has 1 aliphatic rings. The minimum atomic E-state index is -0.338. The fraction of sp³-hybridized carbons (Fsp3) is 0.375. The molecule has 110 valence electrons. The monoisotopic (exact) mass is 304 g/mol. The largest absolute Gasteiger partial charge is 0.377 e. The number of aromatic nitrogens is 1. The molecule has 5 heteroatoms. The quantitative estimate of drug-likeness (QED) is 0.760. The van der Waals surface area contributed by atoms with Gasteiger partial charge in [0.05, 0.1) is 18.8 Å². The first kappa shape index (κ1) is 14.3. The van der Waals surface area contributed by atoms with Gasteiger partial charge in [0.15, 0.2) is 0 Å². The Morgan fingerprint density at radius 1 is 1.38 bits per heavy atom. The number of hydrogen-bond acceptors (Lipinski definition) is 3. The lowest BCUT2D eigenvalue weighted by atomic mass is 10.0. The molecule has 2 aromatic rings. The maximum absolute atomic E-state index is 12.8. The van der Waals surface area contributed by atoms with Crippen molar-refractivity contribution in [3.63, 3.8) is 0 Å². The fourth-order valence-electron chi connectivity index (χ4n) is 2.64. The SMILES string of the molecule is CC1(C)COCCN1C(=O)c1cc2ccccc2c(Cl)n1. The minimum Gasteiger partial charge on any atom is -0.377 e. The second-order valence-electron chi connectivity index (χ2n) is 5.84. The van der Waals surface area contributed by atoms with E-state index in [1.165, 1.54) is 0 Å². The van der Waals surface area contributed by atoms with Crippen molar-refractivity contribution in [3.05, 3.63) is 41.2 Å². The van der Waals surface area contributed by atoms with Crippen LogP contribution in [0.25, 0.3) is 10.8 Å². The van der Waals surface area contributed by atoms with Crippen LogP contribution in [0.15, 0.2) is 30.3 Å². The molecule has 0 N–H and O–H groups in total. The molecule has 0 bridgehead atoms. The van der Waals surface area contributed by atoms with Gasteiger partial charge in [-0.3, -0.25) is 4.79 Å². The van der Waals surface area contributed by atoms with E-state index in [1.807, 2.05) is 43.0 Å². The highest BCUT2D eigenvalue weighted by Crippen LogP contribution is 2.25. The van der Waals surface area contributed by atoms with Gasteiger partial charge in [-0.15, -0.1) is 0 Å². The molecule has 2 heterocycles. The molecule has 0 saturated carbocycles. The third-order valence-corrected chi connectivity index (χ3v) is 4.09. The zero-order chi connectivity index (χ0) is 15.0. The van der Waals surface area contributed by atoms with Gasteiger partial charge in [0, 0.05) is 11.9 Å². The van der Waals surface area contributed by atoms with E-state index in [2.05, 4.69) is 4.98 Å². The second-order valence-corrected chi connectivity index (χ2v) is 6.20. The maximum Gasteiger partial charge on any atom is 0.273 e. The summed E-state index contributed by atoms with van der Waals surface area (Å²) in [4.78, 5) is 18.8. The van der Waals surface area contributed by atoms with Crippen LogP contribution in [0, 0.1) is 0 Å². The number of hydrogen-bond donors (Lipinski definition) is 0. The van der Waals surface area contributed by atoms with Gasteiger partial charge in [0.1, 0.15) is 10.8 Å². The molecule has 3 rings (SSSR count). The minimum absolute atomic E-state index is 0.101. The van der Waals surface area contributed by atoms with Crippen molar-refractivity contribution in [2.75, 3.05) is 19.8 Å². The van der Waals surface area contributed by atoms with Gasteiger partial charge in [-0.05, 0) is 25.3 Å². The zero-order valence-electron chi connectivity index (χ0n) is 12.1. The molecule has 0 aliphatic carbocycles. The van der Waals surface area contributed by atoms with Gasteiger partial charge >= 0.3 is 0 Å². The van der Waals surface area contributed by atoms with Crippen LogP contribution in [0.3, 0.4) is 0 Å². The van der Waals surface area contributed by atoms with E-state index >= 15 is 0 Å². The van der Waals surface area contributed by atoms with E-state index in [1.54, 1.807) is 6.07 Å². The van der Waals surface area contributed by atoms with Gasteiger partial charge < -0.3 is 9.64 Å². The van der Waals surface area contributed by atoms with Crippen molar-refractivity contribution in [2.45, 2.75) is 19.4 Å². The highest BCUT2D eigenvalue weighted by atomic mass is 35.5. The molecular weight excluding hydrogens is 288 g/mol. The van der Waals surface area contributed by atoms with Gasteiger partial charge in [-0.1, -0.05) is 35.9 Å². The Bertz CT molecular complexity index is 700. The fourth-order valence-corrected chi connectivity index (χ4v) is 2.90. The van der Waals surface area contributed by atoms with E-state index in [0.29, 0.717) is 30.6 Å². The van der Waals surface area contributed by atoms with Crippen LogP contribution in [0.5, 0.6) is 0 Å². The lowest BCUT2D eigenvalue weighted by Gasteiger charge is -2.41. The highest BCUT2D eigenvalue weighted by molar-refractivity contribution is 6.34. The number of halogens is 1. The summed E-state index contributed by atoms with van der Waals surface area (Å²) >= 11 is 6.21. The van der Waals surface area contributed by atoms with Gasteiger partial charge in [0.25, 0.3) is 5.91 Å². The predicted molar refractivity (Wildman–Crippen MR) is 82.7 cm³/mol. The summed E-state index contributed by atoms with van der Waals surface area (Å²) in [5.74, 6) is -0.101. The molecular formula is C16H17ClN2O2. The van der Waals surface area contributed by atoms with Crippen molar-refractivity contribution in [1.29, 1.82) is 0 Å². The topological polar surface area (TPSA) is 42.4 Å². The molecule has 4 nitrogen and oxygen atoms in total. The number of benzene rings is 1. The third-order valence-electron chi connectivity index (χ3n) is 3.80. The molecule has 0 unspecified atom stereocenters. The number of amides is 1. The van der Waals surface area contributed by atoms with E-state index in [9.17, 15) is 4.79 Å². The van der Waals surface area contributed by atoms with E-state index in [4.69, 9.17) is 16.3 Å². The number of rotatable bonds is 1. The maximum atomic E-state index is 12.8. The predicted octanol–water partition coefficient (Wildman–Crippen LogP) is 3.14. The molecule has 1 amide bonds. The number of carbonyl (C=O) groups is 1. The summed E-state index contributed by atoms with van der Waals surface area (Å²) in [5.41, 5.74) is 0.0449. The smallest absolute Gasteiger partial charge is 0.273 e. The van der Waals surface area contributed by atoms with Gasteiger partial charge in [-0.25, -0.2) is 4.98 Å². The van der Waals surface area contributed by atoms with Crippen LogP contribution in [-0.2, 0) is 4.74 Å². The van der Waals surface area contributed by atoms with Crippen LogP contribution in [0.4, 0.5) is 0 Å². The van der Waals surface area contributed by atoms with Gasteiger partial charge in [-0.2, -0.15) is 0 Å². The Balaban J connectivity index is 2.01. The number of nitrogens with zero attached hydrogens (tertiary/aromatic N) is 2. The molecule has 1 aromatic heterocycles. The zero-order valence-corrected chi connectivity index (χ0v) is 12.9. The van der Waals surface area contributed by atoms with Crippen LogP contribution < -0.4 is 0 Å². The van der Waals surface area contributed by atoms with Crippen molar-refractivity contribution in [3.8, 4) is 0 Å². The van der Waals surface area contributed by atoms with Crippen LogP contribution in [0.1, 0.15) is 24.3 Å². The van der Waals surface area contributed by atoms with Crippen molar-refractivity contribution >= 4 is 28.3 Å². The first-order valence-electron chi connectivity index (χ1n) is 6.94. The first-order chi connectivity index (χ1) is 9.99. The summed E-state index contributed by atoms with van der Waals surface area (Å²) in [6, 6.07) is 9.46. The molecule has 1 aromatic carbocycles. The summed E-state index contributed by atoms with van der Waals surface area (Å²) in [6.45, 7) is 5.63. The van der Waals surface area contributed by atoms with E-state index in [0.717, 1.165) is 10.8 Å². The normalized spacial score (nSPS) is 18.0. The molecule has 21 heavy (non-hydrogen) atoms. The van der Waals surface area contributed by atoms with Crippen molar-refractivity contribution in [1.82, 2.24) is 9.88 Å². The number of pyridine rings is 1. The Morgan fingerprint density at radius 2 is 2.14 bits per heavy atom. The van der Waals surface area contributed by atoms with Crippen molar-refractivity contribution < 1.29 is 9.53 Å². The molecule has 1 fully saturated rings. The number of fused-ring (bicyclic) bond motifs is 1. The lowest BCUT2D eigenvalue weighted by molar-refractivity contribution is -0.0373. The average Bonchev–Trinajstić information content (AvgIpc) is 2.46. The Morgan fingerprint density at radius 3 is 2.90 bits per heavy atom. The second kappa shape index (κ2) is 5.28. The molecule has 0 atom stereocenters. The number of carbonyl (C=O) groups excluding carboxylic acids is 1. The van der Waals surface area contributed by atoms with Crippen LogP contribution >= 0.6 is 11.6 Å². The number of ether oxygens (including phenoxy) is 1. The molecule has 1 aliphatic heterocycles. The van der Waals surface area contributed by atoms with Gasteiger partial charge in [0.2, 0.25) is 0 Å². The number of morpholine rings is 1. The first-order valence-corrected chi connectivity index (χ1v) is 7.32. The Kier molecular flexibility index (Phi) is 3.59. The molecule has 0 radical (unpaired) electrons.